The van der Waals surface area contributed by atoms with Crippen molar-refractivity contribution in [2.75, 3.05) is 21.3 Å². The Morgan fingerprint density at radius 3 is 2.20 bits per heavy atom. The van der Waals surface area contributed by atoms with E-state index in [-0.39, 0.29) is 10.6 Å². The minimum atomic E-state index is -0.453. The summed E-state index contributed by atoms with van der Waals surface area (Å²) in [5, 5.41) is 4.61. The van der Waals surface area contributed by atoms with Crippen LogP contribution in [0.1, 0.15) is 15.9 Å². The quantitative estimate of drug-likeness (QED) is 0.609. The summed E-state index contributed by atoms with van der Waals surface area (Å²) in [4.78, 5) is 12.1. The van der Waals surface area contributed by atoms with Gasteiger partial charge in [-0.3, -0.25) is 4.79 Å². The van der Waals surface area contributed by atoms with Crippen molar-refractivity contribution in [2.45, 2.75) is 0 Å². The average Bonchev–Trinajstić information content (AvgIpc) is 2.60. The highest BCUT2D eigenvalue weighted by atomic mass is 35.5. The van der Waals surface area contributed by atoms with E-state index in [4.69, 9.17) is 37.4 Å². The van der Waals surface area contributed by atoms with Gasteiger partial charge in [0.25, 0.3) is 5.91 Å². The van der Waals surface area contributed by atoms with Gasteiger partial charge in [-0.1, -0.05) is 23.2 Å². The minimum absolute atomic E-state index is 0.244. The van der Waals surface area contributed by atoms with Crippen molar-refractivity contribution in [3.8, 4) is 17.2 Å². The number of amides is 1. The van der Waals surface area contributed by atoms with Gasteiger partial charge in [0.1, 0.15) is 0 Å². The summed E-state index contributed by atoms with van der Waals surface area (Å²) in [6, 6.07) is 7.99. The van der Waals surface area contributed by atoms with E-state index in [1.807, 2.05) is 0 Å². The number of carbonyl (C=O) groups is 1. The second-order valence-electron chi connectivity index (χ2n) is 4.78. The number of benzene rings is 2. The fourth-order valence-corrected chi connectivity index (χ4v) is 2.57. The lowest BCUT2D eigenvalue weighted by Crippen LogP contribution is -2.18. The number of hydrogen-bond acceptors (Lipinski definition) is 5. The summed E-state index contributed by atoms with van der Waals surface area (Å²) in [7, 11) is 4.55. The second-order valence-corrected chi connectivity index (χ2v) is 5.63. The molecule has 0 aliphatic rings. The molecule has 0 aromatic heterocycles. The molecule has 25 heavy (non-hydrogen) atoms. The Balaban J connectivity index is 2.17. The van der Waals surface area contributed by atoms with Gasteiger partial charge in [-0.15, -0.1) is 0 Å². The number of rotatable bonds is 6. The van der Waals surface area contributed by atoms with Gasteiger partial charge in [0.05, 0.1) is 38.1 Å². The smallest absolute Gasteiger partial charge is 0.272 e. The van der Waals surface area contributed by atoms with E-state index in [1.165, 1.54) is 39.7 Å². The maximum atomic E-state index is 12.1. The first kappa shape index (κ1) is 18.9. The lowest BCUT2D eigenvalue weighted by Gasteiger charge is -2.12. The molecule has 8 heteroatoms. The van der Waals surface area contributed by atoms with Crippen LogP contribution < -0.4 is 19.6 Å². The Hall–Kier alpha value is -2.44. The van der Waals surface area contributed by atoms with Crippen LogP contribution in [-0.2, 0) is 0 Å². The lowest BCUT2D eigenvalue weighted by molar-refractivity contribution is 0.0955. The predicted octanol–water partition coefficient (Wildman–Crippen LogP) is 3.78. The molecule has 0 bridgehead atoms. The molecule has 1 N–H and O–H groups in total. The molecule has 2 aromatic carbocycles. The van der Waals surface area contributed by atoms with Crippen LogP contribution in [0.4, 0.5) is 0 Å². The summed E-state index contributed by atoms with van der Waals surface area (Å²) < 4.78 is 15.8. The van der Waals surface area contributed by atoms with Crippen molar-refractivity contribution < 1.29 is 19.0 Å². The normalized spacial score (nSPS) is 10.6. The zero-order valence-corrected chi connectivity index (χ0v) is 15.3. The number of nitrogens with zero attached hydrogens (tertiary/aromatic N) is 1. The van der Waals surface area contributed by atoms with E-state index in [0.717, 1.165) is 0 Å². The first-order valence-electron chi connectivity index (χ1n) is 7.08. The van der Waals surface area contributed by atoms with E-state index in [9.17, 15) is 4.79 Å². The number of nitrogens with one attached hydrogen (secondary N) is 1. The van der Waals surface area contributed by atoms with Crippen molar-refractivity contribution in [2.24, 2.45) is 5.10 Å². The van der Waals surface area contributed by atoms with Crippen LogP contribution in [0, 0.1) is 0 Å². The molecule has 0 unspecified atom stereocenters. The third-order valence-corrected chi connectivity index (χ3v) is 3.79. The molecule has 0 fully saturated rings. The third-order valence-electron chi connectivity index (χ3n) is 3.24. The molecule has 0 aliphatic carbocycles. The molecule has 0 saturated carbocycles. The van der Waals surface area contributed by atoms with Crippen LogP contribution in [0.2, 0.25) is 10.0 Å². The van der Waals surface area contributed by atoms with Crippen molar-refractivity contribution in [1.82, 2.24) is 5.43 Å². The van der Waals surface area contributed by atoms with Crippen LogP contribution >= 0.6 is 23.2 Å². The highest BCUT2D eigenvalue weighted by molar-refractivity contribution is 6.36. The summed E-state index contributed by atoms with van der Waals surface area (Å²) >= 11 is 11.8. The Bertz CT molecular complexity index is 784. The molecule has 2 rings (SSSR count). The molecule has 0 atom stereocenters. The van der Waals surface area contributed by atoms with Crippen LogP contribution in [0.3, 0.4) is 0 Å². The zero-order valence-electron chi connectivity index (χ0n) is 13.8. The van der Waals surface area contributed by atoms with Gasteiger partial charge in [0.15, 0.2) is 11.5 Å². The number of hydrazone groups is 1. The predicted molar refractivity (Wildman–Crippen MR) is 97.6 cm³/mol. The second kappa shape index (κ2) is 8.60. The Morgan fingerprint density at radius 2 is 1.68 bits per heavy atom. The number of halogens is 2. The van der Waals surface area contributed by atoms with Gasteiger partial charge in [0.2, 0.25) is 5.75 Å². The van der Waals surface area contributed by atoms with Gasteiger partial charge in [-0.05, 0) is 30.3 Å². The molecule has 2 aromatic rings. The zero-order chi connectivity index (χ0) is 18.4. The summed E-state index contributed by atoms with van der Waals surface area (Å²) in [5.74, 6) is 0.982. The van der Waals surface area contributed by atoms with E-state index < -0.39 is 5.91 Å². The van der Waals surface area contributed by atoms with Gasteiger partial charge >= 0.3 is 0 Å². The van der Waals surface area contributed by atoms with E-state index in [2.05, 4.69) is 10.5 Å². The standard InChI is InChI=1S/C17H16Cl2N2O4/c1-23-14-6-10(7-15(24-2)16(14)25-3)9-20-21-17(22)12-5-4-11(18)8-13(12)19/h4-9H,1-3H3,(H,21,22)/b20-9+. The van der Waals surface area contributed by atoms with Gasteiger partial charge in [-0.2, -0.15) is 5.10 Å². The molecule has 0 spiro atoms. The largest absolute Gasteiger partial charge is 0.493 e. The molecular weight excluding hydrogens is 367 g/mol. The van der Waals surface area contributed by atoms with Crippen LogP contribution in [0.5, 0.6) is 17.2 Å². The highest BCUT2D eigenvalue weighted by Crippen LogP contribution is 2.37. The molecule has 0 heterocycles. The van der Waals surface area contributed by atoms with E-state index in [0.29, 0.717) is 27.8 Å². The summed E-state index contributed by atoms with van der Waals surface area (Å²) in [6.07, 6.45) is 1.45. The van der Waals surface area contributed by atoms with Crippen LogP contribution in [-0.4, -0.2) is 33.5 Å². The fraction of sp³-hybridized carbons (Fsp3) is 0.176. The van der Waals surface area contributed by atoms with Crippen molar-refractivity contribution >= 4 is 35.3 Å². The Morgan fingerprint density at radius 1 is 1.04 bits per heavy atom. The SMILES string of the molecule is COc1cc(/C=N/NC(=O)c2ccc(Cl)cc2Cl)cc(OC)c1OC. The average molecular weight is 383 g/mol. The molecule has 132 valence electrons. The van der Waals surface area contributed by atoms with Crippen molar-refractivity contribution in [3.63, 3.8) is 0 Å². The molecule has 1 amide bonds. The van der Waals surface area contributed by atoms with Crippen LogP contribution in [0.25, 0.3) is 0 Å². The molecule has 6 nitrogen and oxygen atoms in total. The minimum Gasteiger partial charge on any atom is -0.493 e. The summed E-state index contributed by atoms with van der Waals surface area (Å²) in [5.41, 5.74) is 3.32. The monoisotopic (exact) mass is 382 g/mol. The third kappa shape index (κ3) is 4.55. The van der Waals surface area contributed by atoms with Gasteiger partial charge in [0, 0.05) is 10.6 Å². The van der Waals surface area contributed by atoms with E-state index in [1.54, 1.807) is 18.2 Å². The van der Waals surface area contributed by atoms with E-state index >= 15 is 0 Å². The Kier molecular flexibility index (Phi) is 6.50. The lowest BCUT2D eigenvalue weighted by atomic mass is 10.2. The molecular formula is C17H16Cl2N2O4. The number of carbonyl (C=O) groups excluding carboxylic acids is 1. The Labute approximate surface area is 155 Å². The van der Waals surface area contributed by atoms with Gasteiger partial charge < -0.3 is 14.2 Å². The number of ether oxygens (including phenoxy) is 3. The molecule has 0 radical (unpaired) electrons. The fourth-order valence-electron chi connectivity index (χ4n) is 2.08. The summed E-state index contributed by atoms with van der Waals surface area (Å²) in [6.45, 7) is 0. The van der Waals surface area contributed by atoms with Crippen LogP contribution in [0.15, 0.2) is 35.4 Å². The maximum absolute atomic E-state index is 12.1. The number of methoxy groups -OCH3 is 3. The maximum Gasteiger partial charge on any atom is 0.272 e. The van der Waals surface area contributed by atoms with Crippen molar-refractivity contribution in [1.29, 1.82) is 0 Å². The topological polar surface area (TPSA) is 69.2 Å². The first-order chi connectivity index (χ1) is 12.0. The molecule has 0 saturated heterocycles. The highest BCUT2D eigenvalue weighted by Gasteiger charge is 2.13. The molecule has 0 aliphatic heterocycles. The van der Waals surface area contributed by atoms with Gasteiger partial charge in [-0.25, -0.2) is 5.43 Å². The van der Waals surface area contributed by atoms with Crippen molar-refractivity contribution in [3.05, 3.63) is 51.5 Å². The number of hydrogen-bond donors (Lipinski definition) is 1. The first-order valence-corrected chi connectivity index (χ1v) is 7.84.